The standard InChI is InChI=1S/C20H22N6O3S/c27-20(24-17-6-9-19(22-13-17)26-15-21-14-23-26)12-16-4-7-18(8-5-16)30(28,29)25-10-2-1-3-11-25/h4-9,13-15H,1-3,10-12H2,(H,24,27). The first-order valence-electron chi connectivity index (χ1n) is 9.72. The number of carbonyl (C=O) groups excluding carboxylic acids is 1. The molecule has 0 spiro atoms. The van der Waals surface area contributed by atoms with Crippen LogP contribution in [0, 0.1) is 0 Å². The van der Waals surface area contributed by atoms with Gasteiger partial charge in [0, 0.05) is 13.1 Å². The number of aromatic nitrogens is 4. The lowest BCUT2D eigenvalue weighted by molar-refractivity contribution is -0.115. The second-order valence-electron chi connectivity index (χ2n) is 7.08. The van der Waals surface area contributed by atoms with E-state index in [0.29, 0.717) is 24.6 Å². The molecule has 3 heterocycles. The highest BCUT2D eigenvalue weighted by molar-refractivity contribution is 7.89. The molecule has 30 heavy (non-hydrogen) atoms. The van der Waals surface area contributed by atoms with Crippen LogP contribution in [0.4, 0.5) is 5.69 Å². The Morgan fingerprint density at radius 1 is 1.03 bits per heavy atom. The van der Waals surface area contributed by atoms with Crippen molar-refractivity contribution in [2.45, 2.75) is 30.6 Å². The van der Waals surface area contributed by atoms with Crippen LogP contribution < -0.4 is 5.32 Å². The SMILES string of the molecule is O=C(Cc1ccc(S(=O)(=O)N2CCCCC2)cc1)Nc1ccc(-n2cncn2)nc1. The van der Waals surface area contributed by atoms with Gasteiger partial charge in [0.05, 0.1) is 23.2 Å². The fourth-order valence-electron chi connectivity index (χ4n) is 3.35. The number of hydrogen-bond donors (Lipinski definition) is 1. The molecular weight excluding hydrogens is 404 g/mol. The second kappa shape index (κ2) is 8.72. The lowest BCUT2D eigenvalue weighted by Gasteiger charge is -2.25. The Morgan fingerprint density at radius 2 is 1.80 bits per heavy atom. The molecule has 0 unspecified atom stereocenters. The molecule has 1 N–H and O–H groups in total. The van der Waals surface area contributed by atoms with E-state index in [2.05, 4.69) is 20.4 Å². The maximum atomic E-state index is 12.7. The van der Waals surface area contributed by atoms with Crippen LogP contribution in [0.2, 0.25) is 0 Å². The van der Waals surface area contributed by atoms with E-state index in [1.54, 1.807) is 42.6 Å². The van der Waals surface area contributed by atoms with Gasteiger partial charge in [0.1, 0.15) is 12.7 Å². The van der Waals surface area contributed by atoms with Crippen LogP contribution in [0.5, 0.6) is 0 Å². The number of benzene rings is 1. The Balaban J connectivity index is 1.36. The molecule has 1 amide bonds. The van der Waals surface area contributed by atoms with Crippen molar-refractivity contribution < 1.29 is 13.2 Å². The van der Waals surface area contributed by atoms with Crippen molar-refractivity contribution in [3.63, 3.8) is 0 Å². The zero-order valence-corrected chi connectivity index (χ0v) is 17.1. The summed E-state index contributed by atoms with van der Waals surface area (Å²) in [5.74, 6) is 0.382. The van der Waals surface area contributed by atoms with Gasteiger partial charge in [0.2, 0.25) is 15.9 Å². The number of hydrogen-bond acceptors (Lipinski definition) is 6. The van der Waals surface area contributed by atoms with Crippen molar-refractivity contribution in [2.24, 2.45) is 0 Å². The number of amides is 1. The minimum absolute atomic E-state index is 0.134. The number of pyridine rings is 1. The molecule has 0 radical (unpaired) electrons. The third-order valence-corrected chi connectivity index (χ3v) is 6.84. The van der Waals surface area contributed by atoms with E-state index in [1.807, 2.05) is 0 Å². The highest BCUT2D eigenvalue weighted by atomic mass is 32.2. The molecule has 2 aromatic heterocycles. The molecule has 0 aliphatic carbocycles. The summed E-state index contributed by atoms with van der Waals surface area (Å²) in [5, 5.41) is 6.78. The molecule has 0 saturated carbocycles. The van der Waals surface area contributed by atoms with E-state index in [1.165, 1.54) is 21.6 Å². The monoisotopic (exact) mass is 426 g/mol. The average Bonchev–Trinajstić information content (AvgIpc) is 3.30. The lowest BCUT2D eigenvalue weighted by atomic mass is 10.1. The molecule has 9 nitrogen and oxygen atoms in total. The van der Waals surface area contributed by atoms with Crippen molar-refractivity contribution in [1.29, 1.82) is 0 Å². The Morgan fingerprint density at radius 3 is 2.43 bits per heavy atom. The highest BCUT2D eigenvalue weighted by Gasteiger charge is 2.25. The molecule has 0 atom stereocenters. The number of nitrogens with one attached hydrogen (secondary N) is 1. The minimum atomic E-state index is -3.47. The Bertz CT molecular complexity index is 1090. The highest BCUT2D eigenvalue weighted by Crippen LogP contribution is 2.21. The van der Waals surface area contributed by atoms with Crippen molar-refractivity contribution in [2.75, 3.05) is 18.4 Å². The van der Waals surface area contributed by atoms with Crippen LogP contribution in [0.15, 0.2) is 60.1 Å². The number of anilines is 1. The van der Waals surface area contributed by atoms with Crippen LogP contribution in [0.1, 0.15) is 24.8 Å². The summed E-state index contributed by atoms with van der Waals surface area (Å²) < 4.78 is 28.5. The quantitative estimate of drug-likeness (QED) is 0.646. The molecule has 4 rings (SSSR count). The van der Waals surface area contributed by atoms with Gasteiger partial charge in [-0.3, -0.25) is 4.79 Å². The van der Waals surface area contributed by atoms with E-state index < -0.39 is 10.0 Å². The molecule has 3 aromatic rings. The third kappa shape index (κ3) is 4.55. The molecule has 156 valence electrons. The predicted molar refractivity (Wildman–Crippen MR) is 111 cm³/mol. The molecule has 1 fully saturated rings. The molecule has 10 heteroatoms. The molecule has 1 saturated heterocycles. The molecular formula is C20H22N6O3S. The van der Waals surface area contributed by atoms with Gasteiger partial charge in [-0.05, 0) is 42.7 Å². The fraction of sp³-hybridized carbons (Fsp3) is 0.300. The smallest absolute Gasteiger partial charge is 0.243 e. The van der Waals surface area contributed by atoms with Crippen LogP contribution in [-0.2, 0) is 21.2 Å². The van der Waals surface area contributed by atoms with Gasteiger partial charge in [-0.1, -0.05) is 18.6 Å². The van der Waals surface area contributed by atoms with Gasteiger partial charge >= 0.3 is 0 Å². The summed E-state index contributed by atoms with van der Waals surface area (Å²) in [6, 6.07) is 9.97. The van der Waals surface area contributed by atoms with Gasteiger partial charge in [-0.2, -0.15) is 9.40 Å². The summed E-state index contributed by atoms with van der Waals surface area (Å²) in [6.07, 6.45) is 7.49. The van der Waals surface area contributed by atoms with Gasteiger partial charge in [-0.25, -0.2) is 23.1 Å². The Kier molecular flexibility index (Phi) is 5.86. The van der Waals surface area contributed by atoms with Crippen LogP contribution in [-0.4, -0.2) is 51.5 Å². The van der Waals surface area contributed by atoms with Crippen molar-refractivity contribution >= 4 is 21.6 Å². The van der Waals surface area contributed by atoms with E-state index in [4.69, 9.17) is 0 Å². The Hall–Kier alpha value is -3.11. The number of piperidine rings is 1. The minimum Gasteiger partial charge on any atom is -0.324 e. The topological polar surface area (TPSA) is 110 Å². The number of nitrogens with zero attached hydrogens (tertiary/aromatic N) is 5. The third-order valence-electron chi connectivity index (χ3n) is 4.93. The molecule has 1 aliphatic heterocycles. The molecule has 1 aliphatic rings. The molecule has 0 bridgehead atoms. The van der Waals surface area contributed by atoms with Crippen LogP contribution in [0.25, 0.3) is 5.82 Å². The van der Waals surface area contributed by atoms with Gasteiger partial charge < -0.3 is 5.32 Å². The van der Waals surface area contributed by atoms with Crippen molar-refractivity contribution in [3.05, 3.63) is 60.8 Å². The zero-order valence-electron chi connectivity index (χ0n) is 16.3. The number of rotatable bonds is 6. The van der Waals surface area contributed by atoms with Crippen LogP contribution in [0.3, 0.4) is 0 Å². The first-order valence-corrected chi connectivity index (χ1v) is 11.2. The maximum absolute atomic E-state index is 12.7. The average molecular weight is 427 g/mol. The molecule has 1 aromatic carbocycles. The van der Waals surface area contributed by atoms with Gasteiger partial charge in [-0.15, -0.1) is 0 Å². The first kappa shape index (κ1) is 20.2. The summed E-state index contributed by atoms with van der Waals surface area (Å²) in [4.78, 5) is 20.7. The summed E-state index contributed by atoms with van der Waals surface area (Å²) in [7, 11) is -3.47. The fourth-order valence-corrected chi connectivity index (χ4v) is 4.86. The lowest BCUT2D eigenvalue weighted by Crippen LogP contribution is -2.35. The Labute approximate surface area is 174 Å². The number of carbonyl (C=O) groups is 1. The second-order valence-corrected chi connectivity index (χ2v) is 9.02. The van der Waals surface area contributed by atoms with E-state index in [0.717, 1.165) is 24.8 Å². The van der Waals surface area contributed by atoms with Gasteiger partial charge in [0.25, 0.3) is 0 Å². The van der Waals surface area contributed by atoms with Gasteiger partial charge in [0.15, 0.2) is 5.82 Å². The summed E-state index contributed by atoms with van der Waals surface area (Å²) in [5.41, 5.74) is 1.30. The number of sulfonamides is 1. The van der Waals surface area contributed by atoms with E-state index in [-0.39, 0.29) is 17.2 Å². The normalized spacial score (nSPS) is 15.1. The largest absolute Gasteiger partial charge is 0.324 e. The van der Waals surface area contributed by atoms with E-state index in [9.17, 15) is 13.2 Å². The predicted octanol–water partition coefficient (Wildman–Crippen LogP) is 2.02. The summed E-state index contributed by atoms with van der Waals surface area (Å²) >= 11 is 0. The van der Waals surface area contributed by atoms with E-state index >= 15 is 0 Å². The van der Waals surface area contributed by atoms with Crippen LogP contribution >= 0.6 is 0 Å². The zero-order chi connectivity index (χ0) is 21.0. The maximum Gasteiger partial charge on any atom is 0.243 e. The van der Waals surface area contributed by atoms with Crippen molar-refractivity contribution in [1.82, 2.24) is 24.1 Å². The summed E-state index contributed by atoms with van der Waals surface area (Å²) in [6.45, 7) is 1.13. The van der Waals surface area contributed by atoms with Crippen molar-refractivity contribution in [3.8, 4) is 5.82 Å². The first-order chi connectivity index (χ1) is 14.5.